The van der Waals surface area contributed by atoms with Gasteiger partial charge in [0.2, 0.25) is 0 Å². The van der Waals surface area contributed by atoms with E-state index in [0.29, 0.717) is 28.0 Å². The average Bonchev–Trinajstić information content (AvgIpc) is 3.20. The van der Waals surface area contributed by atoms with Crippen molar-refractivity contribution in [2.24, 2.45) is 11.0 Å². The van der Waals surface area contributed by atoms with Gasteiger partial charge >= 0.3 is 12.2 Å². The molecule has 2 amide bonds. The van der Waals surface area contributed by atoms with Gasteiger partial charge in [-0.05, 0) is 54.7 Å². The fraction of sp³-hybridized carbons (Fsp3) is 0.304. The van der Waals surface area contributed by atoms with Gasteiger partial charge in [-0.1, -0.05) is 53.5 Å². The van der Waals surface area contributed by atoms with Gasteiger partial charge in [0.25, 0.3) is 0 Å². The third-order valence-corrected chi connectivity index (χ3v) is 6.21. The highest BCUT2D eigenvalue weighted by molar-refractivity contribution is 6.31. The van der Waals surface area contributed by atoms with E-state index in [2.05, 4.69) is 10.4 Å². The summed E-state index contributed by atoms with van der Waals surface area (Å²) in [6.07, 6.45) is -2.77. The van der Waals surface area contributed by atoms with E-state index in [1.165, 1.54) is 11.1 Å². The van der Waals surface area contributed by atoms with Crippen molar-refractivity contribution in [2.75, 3.05) is 6.54 Å². The molecule has 0 radical (unpaired) electrons. The quantitative estimate of drug-likeness (QED) is 0.517. The minimum absolute atomic E-state index is 0.0394. The number of nitrogens with one attached hydrogen (secondary N) is 1. The predicted molar refractivity (Wildman–Crippen MR) is 119 cm³/mol. The van der Waals surface area contributed by atoms with Crippen LogP contribution in [0.15, 0.2) is 65.4 Å². The molecule has 2 aliphatic rings. The van der Waals surface area contributed by atoms with Crippen LogP contribution in [0.2, 0.25) is 10.0 Å². The molecule has 0 spiro atoms. The summed E-state index contributed by atoms with van der Waals surface area (Å²) in [7, 11) is 0. The number of allylic oxidation sites excluding steroid dienone is 2. The van der Waals surface area contributed by atoms with Crippen molar-refractivity contribution >= 4 is 34.9 Å². The molecule has 0 saturated heterocycles. The molecule has 4 rings (SSSR count). The molecule has 4 nitrogen and oxygen atoms in total. The maximum absolute atomic E-state index is 12.9. The summed E-state index contributed by atoms with van der Waals surface area (Å²) in [5.74, 6) is -1.55. The number of hydrogen-bond donors (Lipinski definition) is 1. The smallest absolute Gasteiger partial charge is 0.310 e. The molecule has 2 aromatic carbocycles. The van der Waals surface area contributed by atoms with E-state index in [9.17, 15) is 18.0 Å². The molecule has 1 N–H and O–H groups in total. The van der Waals surface area contributed by atoms with Gasteiger partial charge in [0, 0.05) is 21.7 Å². The minimum atomic E-state index is -4.22. The lowest BCUT2D eigenvalue weighted by atomic mass is 9.90. The Balaban J connectivity index is 1.53. The topological polar surface area (TPSA) is 44.7 Å². The molecule has 0 saturated carbocycles. The molecule has 0 bridgehead atoms. The molecular weight excluding hydrogens is 462 g/mol. The van der Waals surface area contributed by atoms with Crippen molar-refractivity contribution in [3.05, 3.63) is 81.5 Å². The van der Waals surface area contributed by atoms with E-state index < -0.39 is 18.1 Å². The van der Waals surface area contributed by atoms with Crippen LogP contribution in [-0.2, 0) is 0 Å². The number of carbonyl (C=O) groups excluding carboxylic acids is 1. The molecule has 32 heavy (non-hydrogen) atoms. The van der Waals surface area contributed by atoms with Gasteiger partial charge < -0.3 is 5.32 Å². The number of hydrogen-bond acceptors (Lipinski definition) is 2. The standard InChI is InChI=1S/C23H20Cl2F3N3O/c24-17-7-1-14(2-8-17)20-13-31(30-21(20)15-3-9-18(25)10-4-15)22(32)29-19-11-5-16(6-12-19)23(26,27)28/h1-4,7-11,16,20H,5-6,12-13H2,(H,29,32). The van der Waals surface area contributed by atoms with Crippen LogP contribution < -0.4 is 5.32 Å². The third-order valence-electron chi connectivity index (χ3n) is 5.70. The number of halogens is 5. The van der Waals surface area contributed by atoms with E-state index >= 15 is 0 Å². The second-order valence-electron chi connectivity index (χ2n) is 7.85. The Kier molecular flexibility index (Phi) is 6.49. The normalized spacial score (nSPS) is 21.2. The molecule has 9 heteroatoms. The van der Waals surface area contributed by atoms with Crippen molar-refractivity contribution in [3.8, 4) is 0 Å². The van der Waals surface area contributed by atoms with Gasteiger partial charge in [-0.15, -0.1) is 0 Å². The lowest BCUT2D eigenvalue weighted by Gasteiger charge is -2.25. The second kappa shape index (κ2) is 9.16. The summed E-state index contributed by atoms with van der Waals surface area (Å²) in [4.78, 5) is 12.9. The number of rotatable bonds is 3. The fourth-order valence-corrected chi connectivity index (χ4v) is 4.17. The molecule has 0 fully saturated rings. The van der Waals surface area contributed by atoms with Gasteiger partial charge in [0.1, 0.15) is 0 Å². The zero-order chi connectivity index (χ0) is 22.9. The summed E-state index contributed by atoms with van der Waals surface area (Å²) >= 11 is 12.0. The maximum Gasteiger partial charge on any atom is 0.392 e. The summed E-state index contributed by atoms with van der Waals surface area (Å²) in [6.45, 7) is 0.296. The van der Waals surface area contributed by atoms with Crippen LogP contribution in [0.1, 0.15) is 36.3 Å². The van der Waals surface area contributed by atoms with E-state index in [1.54, 1.807) is 24.3 Å². The number of benzene rings is 2. The number of nitrogens with zero attached hydrogens (tertiary/aromatic N) is 2. The highest BCUT2D eigenvalue weighted by Gasteiger charge is 2.40. The van der Waals surface area contributed by atoms with Gasteiger partial charge in [-0.3, -0.25) is 0 Å². The number of carbonyl (C=O) groups is 1. The third kappa shape index (κ3) is 5.10. The van der Waals surface area contributed by atoms with Crippen molar-refractivity contribution in [1.82, 2.24) is 10.3 Å². The zero-order valence-corrected chi connectivity index (χ0v) is 18.4. The molecule has 1 aliphatic carbocycles. The molecule has 2 unspecified atom stereocenters. The number of alkyl halides is 3. The van der Waals surface area contributed by atoms with E-state index in [0.717, 1.165) is 11.1 Å². The Morgan fingerprint density at radius 1 is 1.03 bits per heavy atom. The summed E-state index contributed by atoms with van der Waals surface area (Å²) in [5, 5.41) is 9.78. The van der Waals surface area contributed by atoms with Crippen LogP contribution in [0.4, 0.5) is 18.0 Å². The Bertz CT molecular complexity index is 1050. The van der Waals surface area contributed by atoms with Crippen molar-refractivity contribution in [2.45, 2.75) is 31.4 Å². The first-order chi connectivity index (χ1) is 15.2. The van der Waals surface area contributed by atoms with Crippen LogP contribution in [0.25, 0.3) is 0 Å². The second-order valence-corrected chi connectivity index (χ2v) is 8.72. The van der Waals surface area contributed by atoms with Crippen LogP contribution in [0.3, 0.4) is 0 Å². The molecule has 1 heterocycles. The average molecular weight is 482 g/mol. The Labute approximate surface area is 193 Å². The highest BCUT2D eigenvalue weighted by atomic mass is 35.5. The predicted octanol–water partition coefficient (Wildman–Crippen LogP) is 6.75. The number of amides is 2. The van der Waals surface area contributed by atoms with Crippen LogP contribution in [0, 0.1) is 5.92 Å². The summed E-state index contributed by atoms with van der Waals surface area (Å²) in [6, 6.07) is 14.1. The largest absolute Gasteiger partial charge is 0.392 e. The molecule has 168 valence electrons. The van der Waals surface area contributed by atoms with Gasteiger partial charge in [0.05, 0.1) is 18.2 Å². The summed E-state index contributed by atoms with van der Waals surface area (Å²) < 4.78 is 38.6. The van der Waals surface area contributed by atoms with Crippen LogP contribution >= 0.6 is 23.2 Å². The van der Waals surface area contributed by atoms with Gasteiger partial charge in [-0.25, -0.2) is 9.80 Å². The highest BCUT2D eigenvalue weighted by Crippen LogP contribution is 2.36. The SMILES string of the molecule is O=C(NC1=CCC(C(F)(F)F)CC1)N1CC(c2ccc(Cl)cc2)C(c2ccc(Cl)cc2)=N1. The zero-order valence-electron chi connectivity index (χ0n) is 16.9. The molecule has 2 aromatic rings. The minimum Gasteiger partial charge on any atom is -0.310 e. The van der Waals surface area contributed by atoms with E-state index in [-0.39, 0.29) is 25.2 Å². The first-order valence-electron chi connectivity index (χ1n) is 10.1. The number of hydrazone groups is 1. The van der Waals surface area contributed by atoms with E-state index in [4.69, 9.17) is 23.2 Å². The van der Waals surface area contributed by atoms with E-state index in [1.807, 2.05) is 24.3 Å². The lowest BCUT2D eigenvalue weighted by molar-refractivity contribution is -0.176. The fourth-order valence-electron chi connectivity index (χ4n) is 3.91. The monoisotopic (exact) mass is 481 g/mol. The van der Waals surface area contributed by atoms with Crippen molar-refractivity contribution < 1.29 is 18.0 Å². The van der Waals surface area contributed by atoms with Crippen molar-refractivity contribution in [3.63, 3.8) is 0 Å². The molecule has 2 atom stereocenters. The van der Waals surface area contributed by atoms with Crippen LogP contribution in [-0.4, -0.2) is 29.5 Å². The molecular formula is C23H20Cl2F3N3O. The maximum atomic E-state index is 12.9. The summed E-state index contributed by atoms with van der Waals surface area (Å²) in [5.41, 5.74) is 2.97. The van der Waals surface area contributed by atoms with Crippen LogP contribution in [0.5, 0.6) is 0 Å². The lowest BCUT2D eigenvalue weighted by Crippen LogP contribution is -2.37. The molecule has 1 aliphatic heterocycles. The Morgan fingerprint density at radius 2 is 1.66 bits per heavy atom. The van der Waals surface area contributed by atoms with Crippen molar-refractivity contribution in [1.29, 1.82) is 0 Å². The Hall–Kier alpha value is -2.51. The van der Waals surface area contributed by atoms with Gasteiger partial charge in [0.15, 0.2) is 0 Å². The first kappa shape index (κ1) is 22.7. The molecule has 0 aromatic heterocycles. The first-order valence-corrected chi connectivity index (χ1v) is 10.9. The Morgan fingerprint density at radius 3 is 2.22 bits per heavy atom. The van der Waals surface area contributed by atoms with Gasteiger partial charge in [-0.2, -0.15) is 18.3 Å². The number of urea groups is 1.